The van der Waals surface area contributed by atoms with Crippen LogP contribution in [0.5, 0.6) is 0 Å². The van der Waals surface area contributed by atoms with Gasteiger partial charge in [-0.2, -0.15) is 0 Å². The van der Waals surface area contributed by atoms with E-state index in [1.807, 2.05) is 94.1 Å². The highest BCUT2D eigenvalue weighted by molar-refractivity contribution is 8.44. The van der Waals surface area contributed by atoms with Gasteiger partial charge in [0.15, 0.2) is 0 Å². The van der Waals surface area contributed by atoms with E-state index in [-0.39, 0.29) is 18.4 Å². The fourth-order valence-corrected chi connectivity index (χ4v) is 13.9. The molecule has 1 aromatic rings. The van der Waals surface area contributed by atoms with Gasteiger partial charge in [0.25, 0.3) is 11.8 Å². The van der Waals surface area contributed by atoms with Crippen molar-refractivity contribution in [1.82, 2.24) is 4.90 Å². The van der Waals surface area contributed by atoms with Crippen LogP contribution in [-0.4, -0.2) is 74.2 Å². The lowest BCUT2D eigenvalue weighted by atomic mass is 10.1. The number of carbonyl (C=O) groups excluding carboxylic acids is 2. The molecular weight excluding hydrogens is 611 g/mol. The van der Waals surface area contributed by atoms with Crippen LogP contribution >= 0.6 is 94.1 Å². The van der Waals surface area contributed by atoms with Crippen LogP contribution in [0.2, 0.25) is 0 Å². The van der Waals surface area contributed by atoms with Crippen LogP contribution in [-0.2, 0) is 9.47 Å². The van der Waals surface area contributed by atoms with E-state index in [0.29, 0.717) is 37.6 Å². The highest BCUT2D eigenvalue weighted by Gasteiger charge is 2.34. The van der Waals surface area contributed by atoms with E-state index < -0.39 is 0 Å². The quantitative estimate of drug-likeness (QED) is 0.160. The van der Waals surface area contributed by atoms with Crippen LogP contribution in [0, 0.1) is 0 Å². The third-order valence-corrected chi connectivity index (χ3v) is 16.1. The summed E-state index contributed by atoms with van der Waals surface area (Å²) in [6, 6.07) is 6.92. The summed E-state index contributed by atoms with van der Waals surface area (Å²) in [5.41, 5.74) is 0.939. The first-order valence-corrected chi connectivity index (χ1v) is 18.8. The molecule has 0 bridgehead atoms. The van der Waals surface area contributed by atoms with Gasteiger partial charge in [0, 0.05) is 5.75 Å². The lowest BCUT2D eigenvalue weighted by Crippen LogP contribution is -2.33. The zero-order chi connectivity index (χ0) is 25.5. The molecule has 0 aromatic heterocycles. The van der Waals surface area contributed by atoms with Crippen LogP contribution in [0.25, 0.3) is 0 Å². The molecule has 0 spiro atoms. The number of ether oxygens (including phenoxy) is 2. The van der Waals surface area contributed by atoms with Crippen molar-refractivity contribution in [1.29, 1.82) is 0 Å². The third kappa shape index (κ3) is 7.08. The molecule has 3 aliphatic rings. The van der Waals surface area contributed by atoms with Gasteiger partial charge in [0.05, 0.1) is 69.5 Å². The van der Waals surface area contributed by atoms with Crippen LogP contribution in [0.15, 0.2) is 49.7 Å². The van der Waals surface area contributed by atoms with Gasteiger partial charge < -0.3 is 9.47 Å². The van der Waals surface area contributed by atoms with E-state index >= 15 is 0 Å². The predicted octanol–water partition coefficient (Wildman–Crippen LogP) is 7.48. The number of hydrogen-bond acceptors (Lipinski definition) is 12. The minimum Gasteiger partial charge on any atom is -0.378 e. The molecule has 0 saturated carbocycles. The number of hydrogen-bond donors (Lipinski definition) is 0. The summed E-state index contributed by atoms with van der Waals surface area (Å²) < 4.78 is 19.7. The second-order valence-corrected chi connectivity index (χ2v) is 16.3. The Hall–Kier alpha value is 0.300. The van der Waals surface area contributed by atoms with Crippen LogP contribution in [0.1, 0.15) is 20.7 Å². The molecule has 2 amide bonds. The van der Waals surface area contributed by atoms with Gasteiger partial charge in [0.1, 0.15) is 0 Å². The van der Waals surface area contributed by atoms with Crippen molar-refractivity contribution in [3.05, 3.63) is 60.8 Å². The van der Waals surface area contributed by atoms with Crippen molar-refractivity contribution in [2.24, 2.45) is 0 Å². The topological polar surface area (TPSA) is 55.8 Å². The van der Waals surface area contributed by atoms with Crippen LogP contribution in [0.4, 0.5) is 0 Å². The minimum atomic E-state index is -0.246. The van der Waals surface area contributed by atoms with Crippen molar-refractivity contribution in [2.45, 2.75) is 0 Å². The van der Waals surface area contributed by atoms with Gasteiger partial charge in [0.2, 0.25) is 0 Å². The van der Waals surface area contributed by atoms with Crippen molar-refractivity contribution < 1.29 is 19.1 Å². The zero-order valence-electron chi connectivity index (χ0n) is 19.9. The summed E-state index contributed by atoms with van der Waals surface area (Å²) in [5.74, 6) is 0.391. The largest absolute Gasteiger partial charge is 0.378 e. The van der Waals surface area contributed by atoms with Gasteiger partial charge in [-0.3, -0.25) is 14.5 Å². The number of thioether (sulfide) groups is 8. The van der Waals surface area contributed by atoms with Crippen molar-refractivity contribution >= 4 is 106 Å². The lowest BCUT2D eigenvalue weighted by molar-refractivity contribution is 0.0389. The number of carbonyl (C=O) groups is 2. The van der Waals surface area contributed by atoms with E-state index in [1.165, 1.54) is 30.3 Å². The standard InChI is InChI=1S/C23H25NO4S8/c1-29-18-19(30-2)34-22(33-18)23-35-20(31-3)21(36-23)32-13-12-28-11-10-27-9-8-24-16(25)14-6-4-5-7-15(14)17(24)26/h4-7H,8-13H2,1-3H3. The molecule has 0 radical (unpaired) electrons. The van der Waals surface area contributed by atoms with Crippen molar-refractivity contribution in [2.75, 3.05) is 57.5 Å². The Balaban J connectivity index is 1.10. The van der Waals surface area contributed by atoms with Crippen molar-refractivity contribution in [3.8, 4) is 0 Å². The Labute approximate surface area is 246 Å². The fraction of sp³-hybridized carbons (Fsp3) is 0.391. The fourth-order valence-electron chi connectivity index (χ4n) is 3.29. The summed E-state index contributed by atoms with van der Waals surface area (Å²) in [6.07, 6.45) is 6.43. The smallest absolute Gasteiger partial charge is 0.261 e. The number of benzene rings is 1. The second kappa shape index (κ2) is 14.6. The molecule has 0 unspecified atom stereocenters. The third-order valence-electron chi connectivity index (χ3n) is 4.97. The number of amides is 2. The molecule has 1 aromatic carbocycles. The molecule has 0 atom stereocenters. The number of nitrogens with zero attached hydrogens (tertiary/aromatic N) is 1. The molecule has 0 aliphatic carbocycles. The van der Waals surface area contributed by atoms with Crippen LogP contribution < -0.4 is 0 Å². The van der Waals surface area contributed by atoms with Crippen LogP contribution in [0.3, 0.4) is 0 Å². The summed E-state index contributed by atoms with van der Waals surface area (Å²) in [4.78, 5) is 26.0. The number of rotatable bonds is 13. The molecule has 0 N–H and O–H groups in total. The monoisotopic (exact) mass is 635 g/mol. The molecular formula is C23H25NO4S8. The first-order chi connectivity index (χ1) is 17.6. The van der Waals surface area contributed by atoms with Crippen molar-refractivity contribution in [3.63, 3.8) is 0 Å². The van der Waals surface area contributed by atoms with Gasteiger partial charge in [-0.25, -0.2) is 0 Å². The lowest BCUT2D eigenvalue weighted by Gasteiger charge is -2.13. The maximum absolute atomic E-state index is 12.4. The minimum absolute atomic E-state index is 0.246. The predicted molar refractivity (Wildman–Crippen MR) is 168 cm³/mol. The Kier molecular flexibility index (Phi) is 11.9. The zero-order valence-corrected chi connectivity index (χ0v) is 26.4. The first-order valence-electron chi connectivity index (χ1n) is 10.9. The summed E-state index contributed by atoms with van der Waals surface area (Å²) >= 11 is 14.9. The Morgan fingerprint density at radius 3 is 1.69 bits per heavy atom. The normalized spacial score (nSPS) is 17.9. The molecule has 0 fully saturated rings. The van der Waals surface area contributed by atoms with Gasteiger partial charge in [-0.15, -0.1) is 47.0 Å². The molecule has 13 heteroatoms. The maximum atomic E-state index is 12.4. The highest BCUT2D eigenvalue weighted by atomic mass is 32.3. The van der Waals surface area contributed by atoms with E-state index in [0.717, 1.165) is 5.75 Å². The average Bonchev–Trinajstić information content (AvgIpc) is 3.58. The van der Waals surface area contributed by atoms with Gasteiger partial charge in [-0.1, -0.05) is 59.2 Å². The molecule has 4 rings (SSSR count). The average molecular weight is 636 g/mol. The maximum Gasteiger partial charge on any atom is 0.261 e. The Morgan fingerprint density at radius 1 is 0.694 bits per heavy atom. The molecule has 36 heavy (non-hydrogen) atoms. The molecule has 0 saturated heterocycles. The Morgan fingerprint density at radius 2 is 1.17 bits per heavy atom. The summed E-state index contributed by atoms with van der Waals surface area (Å²) in [5, 5.41) is 0. The van der Waals surface area contributed by atoms with Gasteiger partial charge in [-0.05, 0) is 30.9 Å². The first kappa shape index (κ1) is 29.3. The molecule has 5 nitrogen and oxygen atoms in total. The van der Waals surface area contributed by atoms with E-state index in [1.54, 1.807) is 24.3 Å². The molecule has 3 aliphatic heterocycles. The van der Waals surface area contributed by atoms with E-state index in [9.17, 15) is 9.59 Å². The number of fused-ring (bicyclic) bond motifs is 1. The number of imide groups is 1. The van der Waals surface area contributed by atoms with E-state index in [2.05, 4.69) is 18.8 Å². The summed E-state index contributed by atoms with van der Waals surface area (Å²) in [6.45, 7) is 2.13. The summed E-state index contributed by atoms with van der Waals surface area (Å²) in [7, 11) is 0. The molecule has 3 heterocycles. The SMILES string of the molecule is CSC1=C(SC)SC(=C2SC(SC)=C(SCCOCCOCCN3C(=O)c4ccccc4C3=O)S2)S1. The molecule has 194 valence electrons. The highest BCUT2D eigenvalue weighted by Crippen LogP contribution is 2.65. The Bertz CT molecular complexity index is 1050. The second-order valence-electron chi connectivity index (χ2n) is 7.13. The van der Waals surface area contributed by atoms with Gasteiger partial charge >= 0.3 is 0 Å². The van der Waals surface area contributed by atoms with E-state index in [4.69, 9.17) is 9.47 Å².